The molecule has 6 aromatic rings. The second-order valence-electron chi connectivity index (χ2n) is 11.2. The van der Waals surface area contributed by atoms with Crippen molar-refractivity contribution in [3.8, 4) is 33.4 Å². The Hall–Kier alpha value is -3.67. The zero-order chi connectivity index (χ0) is 25.7. The first-order valence-electron chi connectivity index (χ1n) is 13.1. The van der Waals surface area contributed by atoms with Crippen molar-refractivity contribution in [2.75, 3.05) is 20.0 Å². The van der Waals surface area contributed by atoms with Gasteiger partial charge in [0.25, 0.3) is 0 Å². The van der Waals surface area contributed by atoms with E-state index < -0.39 is 7.26 Å². The van der Waals surface area contributed by atoms with E-state index in [1.54, 1.807) is 0 Å². The van der Waals surface area contributed by atoms with E-state index in [9.17, 15) is 0 Å². The molecule has 1 aromatic heterocycles. The van der Waals surface area contributed by atoms with Crippen LogP contribution in [0.25, 0.3) is 55.2 Å². The molecule has 0 spiro atoms. The molecule has 0 aliphatic heterocycles. The molecule has 184 valence electrons. The van der Waals surface area contributed by atoms with Crippen LogP contribution in [0.4, 0.5) is 0 Å². The number of hydrogen-bond acceptors (Lipinski definition) is 0. The van der Waals surface area contributed by atoms with Crippen molar-refractivity contribution in [3.63, 3.8) is 0 Å². The fraction of sp³-hybridized carbons (Fsp3) is 0.143. The number of aromatic nitrogens is 1. The van der Waals surface area contributed by atoms with Crippen molar-refractivity contribution in [2.45, 2.75) is 13.8 Å². The second-order valence-corrected chi connectivity index (χ2v) is 16.2. The fourth-order valence-corrected chi connectivity index (χ4v) is 8.05. The number of fused-ring (bicyclic) bond motifs is 3. The molecule has 5 aromatic carbocycles. The molecule has 0 unspecified atom stereocenters. The molecule has 37 heavy (non-hydrogen) atoms. The first-order valence-corrected chi connectivity index (χ1v) is 16.6. The predicted molar refractivity (Wildman–Crippen MR) is 167 cm³/mol. The molecule has 6 rings (SSSR count). The summed E-state index contributed by atoms with van der Waals surface area (Å²) in [5.41, 5.74) is 13.1. The van der Waals surface area contributed by atoms with Crippen LogP contribution in [0.5, 0.6) is 0 Å². The predicted octanol–water partition coefficient (Wildman–Crippen LogP) is 9.20. The zero-order valence-electron chi connectivity index (χ0n) is 22.3. The van der Waals surface area contributed by atoms with Crippen molar-refractivity contribution in [1.82, 2.24) is 4.98 Å². The van der Waals surface area contributed by atoms with Gasteiger partial charge in [0.15, 0.2) is 0 Å². The van der Waals surface area contributed by atoms with Crippen LogP contribution in [0.2, 0.25) is 0 Å². The van der Waals surface area contributed by atoms with E-state index in [4.69, 9.17) is 0 Å². The Morgan fingerprint density at radius 1 is 0.486 bits per heavy atom. The third kappa shape index (κ3) is 3.99. The third-order valence-corrected chi connectivity index (χ3v) is 9.74. The van der Waals surface area contributed by atoms with Crippen molar-refractivity contribution in [1.29, 1.82) is 0 Å². The van der Waals surface area contributed by atoms with Crippen molar-refractivity contribution < 1.29 is 0 Å². The molecular weight excluding hydrogens is 465 g/mol. The summed E-state index contributed by atoms with van der Waals surface area (Å²) in [5, 5.41) is 4.09. The number of aryl methyl sites for hydroxylation is 1. The summed E-state index contributed by atoms with van der Waals surface area (Å²) in [6.45, 7) is 11.9. The van der Waals surface area contributed by atoms with E-state index in [2.05, 4.69) is 142 Å². The van der Waals surface area contributed by atoms with Gasteiger partial charge in [0.05, 0.1) is 0 Å². The van der Waals surface area contributed by atoms with E-state index in [0.717, 1.165) is 0 Å². The zero-order valence-corrected chi connectivity index (χ0v) is 23.3. The van der Waals surface area contributed by atoms with E-state index in [0.29, 0.717) is 0 Å². The van der Waals surface area contributed by atoms with Crippen LogP contribution >= 0.6 is 7.26 Å². The molecule has 0 radical (unpaired) electrons. The van der Waals surface area contributed by atoms with Crippen molar-refractivity contribution in [2.24, 2.45) is 0 Å². The molecular formula is C35H34NP. The van der Waals surface area contributed by atoms with Crippen LogP contribution in [0, 0.1) is 13.8 Å². The third-order valence-electron chi connectivity index (χ3n) is 7.71. The van der Waals surface area contributed by atoms with E-state index in [-0.39, 0.29) is 0 Å². The SMILES string of the molecule is Cc1ccccc1-c1cccc(-c2cccc(-c3cccc4c3[nH]c3ccccc34)c2[PH](C)(C)C)c1C. The maximum atomic E-state index is 3.75. The Morgan fingerprint density at radius 2 is 1.00 bits per heavy atom. The summed E-state index contributed by atoms with van der Waals surface area (Å²) in [6.07, 6.45) is 0. The van der Waals surface area contributed by atoms with Gasteiger partial charge in [-0.15, -0.1) is 0 Å². The molecule has 0 bridgehead atoms. The summed E-state index contributed by atoms with van der Waals surface area (Å²) in [4.78, 5) is 3.75. The van der Waals surface area contributed by atoms with Crippen molar-refractivity contribution in [3.05, 3.63) is 114 Å². The molecule has 0 amide bonds. The number of rotatable bonds is 4. The van der Waals surface area contributed by atoms with Gasteiger partial charge in [0, 0.05) is 0 Å². The molecule has 1 heterocycles. The number of nitrogens with one attached hydrogen (secondary N) is 1. The number of aromatic amines is 1. The van der Waals surface area contributed by atoms with E-state index >= 15 is 0 Å². The number of benzene rings is 5. The first-order chi connectivity index (χ1) is 17.8. The first kappa shape index (κ1) is 23.7. The summed E-state index contributed by atoms with van der Waals surface area (Å²) >= 11 is 0. The average Bonchev–Trinajstić information content (AvgIpc) is 3.27. The minimum atomic E-state index is -1.76. The quantitative estimate of drug-likeness (QED) is 0.233. The standard InChI is InChI=1S/C35H34NP/c1-23-13-6-7-14-25(23)26-16-10-17-27(24(26)2)31-20-12-21-32(35(31)37(3,4)5)30-19-11-18-29-28-15-8-9-22-33(28)36-34(29)30/h6-22,36-37H,1-5H3. The van der Waals surface area contributed by atoms with Gasteiger partial charge < -0.3 is 0 Å². The van der Waals surface area contributed by atoms with Crippen LogP contribution in [-0.2, 0) is 0 Å². The Balaban J connectivity index is 1.63. The van der Waals surface area contributed by atoms with Gasteiger partial charge in [-0.25, -0.2) is 0 Å². The molecule has 0 atom stereocenters. The molecule has 1 N–H and O–H groups in total. The maximum absolute atomic E-state index is 3.75. The second kappa shape index (κ2) is 9.02. The van der Waals surface area contributed by atoms with Gasteiger partial charge >= 0.3 is 221 Å². The Labute approximate surface area is 220 Å². The molecule has 1 nitrogen and oxygen atoms in total. The van der Waals surface area contributed by atoms with Gasteiger partial charge in [-0.05, 0) is 0 Å². The summed E-state index contributed by atoms with van der Waals surface area (Å²) in [5.74, 6) is 0. The van der Waals surface area contributed by atoms with Gasteiger partial charge in [-0.1, -0.05) is 0 Å². The van der Waals surface area contributed by atoms with Crippen LogP contribution in [0.1, 0.15) is 11.1 Å². The molecule has 0 fully saturated rings. The van der Waals surface area contributed by atoms with Gasteiger partial charge in [0.1, 0.15) is 0 Å². The Morgan fingerprint density at radius 3 is 1.73 bits per heavy atom. The van der Waals surface area contributed by atoms with E-state index in [1.165, 1.54) is 71.6 Å². The molecule has 0 saturated heterocycles. The number of H-pyrrole nitrogens is 1. The molecule has 0 saturated carbocycles. The number of hydrogen-bond donors (Lipinski definition) is 1. The van der Waals surface area contributed by atoms with Gasteiger partial charge in [0.2, 0.25) is 0 Å². The van der Waals surface area contributed by atoms with Crippen LogP contribution in [0.3, 0.4) is 0 Å². The minimum absolute atomic E-state index is 1.19. The number of para-hydroxylation sites is 2. The van der Waals surface area contributed by atoms with Crippen LogP contribution in [-0.4, -0.2) is 25.0 Å². The molecule has 2 heteroatoms. The molecule has 0 aliphatic rings. The molecule has 0 aliphatic carbocycles. The Kier molecular flexibility index (Phi) is 5.78. The van der Waals surface area contributed by atoms with Crippen LogP contribution < -0.4 is 5.30 Å². The van der Waals surface area contributed by atoms with E-state index in [1.807, 2.05) is 0 Å². The summed E-state index contributed by atoms with van der Waals surface area (Å²) < 4.78 is 0. The monoisotopic (exact) mass is 499 g/mol. The summed E-state index contributed by atoms with van der Waals surface area (Å²) in [6, 6.07) is 37.8. The van der Waals surface area contributed by atoms with Crippen LogP contribution in [0.15, 0.2) is 103 Å². The summed E-state index contributed by atoms with van der Waals surface area (Å²) in [7, 11) is -1.76. The fourth-order valence-electron chi connectivity index (χ4n) is 6.00. The average molecular weight is 500 g/mol. The topological polar surface area (TPSA) is 15.8 Å². The Bertz CT molecular complexity index is 1780. The normalized spacial score (nSPS) is 12.4. The van der Waals surface area contributed by atoms with Gasteiger partial charge in [-0.2, -0.15) is 0 Å². The van der Waals surface area contributed by atoms with Crippen molar-refractivity contribution >= 4 is 34.4 Å². The van der Waals surface area contributed by atoms with Gasteiger partial charge in [-0.3, -0.25) is 0 Å².